The Morgan fingerprint density at radius 2 is 2.11 bits per heavy atom. The third kappa shape index (κ3) is 5.33. The van der Waals surface area contributed by atoms with E-state index in [1.165, 1.54) is 0 Å². The van der Waals surface area contributed by atoms with E-state index >= 15 is 0 Å². The van der Waals surface area contributed by atoms with Crippen molar-refractivity contribution in [3.8, 4) is 5.75 Å². The Kier molecular flexibility index (Phi) is 7.23. The molecule has 0 atom stereocenters. The van der Waals surface area contributed by atoms with Gasteiger partial charge in [0.2, 0.25) is 0 Å². The average Bonchev–Trinajstić information content (AvgIpc) is 2.33. The lowest BCUT2D eigenvalue weighted by Gasteiger charge is -2.09. The van der Waals surface area contributed by atoms with Crippen LogP contribution in [0.25, 0.3) is 0 Å². The molecule has 100 valence electrons. The van der Waals surface area contributed by atoms with Crippen molar-refractivity contribution in [2.75, 3.05) is 19.8 Å². The highest BCUT2D eigenvalue weighted by Gasteiger charge is 2.04. The Morgan fingerprint density at radius 3 is 2.72 bits per heavy atom. The Morgan fingerprint density at radius 1 is 1.33 bits per heavy atom. The van der Waals surface area contributed by atoms with Gasteiger partial charge in [-0.25, -0.2) is 0 Å². The van der Waals surface area contributed by atoms with Gasteiger partial charge in [-0.1, -0.05) is 25.6 Å². The van der Waals surface area contributed by atoms with E-state index < -0.39 is 0 Å². The molecule has 0 saturated carbocycles. The summed E-state index contributed by atoms with van der Waals surface area (Å²) in [5.74, 6) is 0.779. The van der Waals surface area contributed by atoms with Gasteiger partial charge in [0.1, 0.15) is 17.3 Å². The zero-order chi connectivity index (χ0) is 13.4. The van der Waals surface area contributed by atoms with Crippen molar-refractivity contribution in [2.24, 2.45) is 5.73 Å². The number of ether oxygens (including phenoxy) is 2. The summed E-state index contributed by atoms with van der Waals surface area (Å²) in [5, 5.41) is 0. The number of thiocarbonyl (C=S) groups is 1. The van der Waals surface area contributed by atoms with Crippen molar-refractivity contribution < 1.29 is 9.47 Å². The number of rotatable bonds is 8. The summed E-state index contributed by atoms with van der Waals surface area (Å²) in [6.45, 7) is 4.09. The van der Waals surface area contributed by atoms with Crippen molar-refractivity contribution in [3.63, 3.8) is 0 Å². The van der Waals surface area contributed by atoms with Crippen molar-refractivity contribution in [2.45, 2.75) is 19.8 Å². The van der Waals surface area contributed by atoms with Crippen LogP contribution in [-0.4, -0.2) is 24.8 Å². The zero-order valence-corrected chi connectivity index (χ0v) is 12.9. The number of benzene rings is 1. The first kappa shape index (κ1) is 15.4. The van der Waals surface area contributed by atoms with Crippen LogP contribution in [0.5, 0.6) is 5.75 Å². The summed E-state index contributed by atoms with van der Waals surface area (Å²) in [6, 6.07) is 5.56. The lowest BCUT2D eigenvalue weighted by Crippen LogP contribution is -2.11. The molecular formula is C13H18BrNO2S. The summed E-state index contributed by atoms with van der Waals surface area (Å²) < 4.78 is 11.8. The van der Waals surface area contributed by atoms with Gasteiger partial charge in [0.25, 0.3) is 0 Å². The highest BCUT2D eigenvalue weighted by molar-refractivity contribution is 9.10. The third-order valence-electron chi connectivity index (χ3n) is 2.34. The fraction of sp³-hybridized carbons (Fsp3) is 0.462. The Balaban J connectivity index is 2.35. The molecule has 0 amide bonds. The minimum Gasteiger partial charge on any atom is -0.491 e. The van der Waals surface area contributed by atoms with Gasteiger partial charge in [0.05, 0.1) is 6.61 Å². The second-order valence-corrected chi connectivity index (χ2v) is 5.11. The molecule has 0 radical (unpaired) electrons. The average molecular weight is 332 g/mol. The first-order chi connectivity index (χ1) is 8.65. The van der Waals surface area contributed by atoms with E-state index in [1.807, 2.05) is 18.2 Å². The summed E-state index contributed by atoms with van der Waals surface area (Å²) in [6.07, 6.45) is 2.24. The van der Waals surface area contributed by atoms with Crippen LogP contribution in [0.15, 0.2) is 22.7 Å². The van der Waals surface area contributed by atoms with Crippen molar-refractivity contribution >= 4 is 33.1 Å². The van der Waals surface area contributed by atoms with Crippen LogP contribution >= 0.6 is 28.1 Å². The topological polar surface area (TPSA) is 44.5 Å². The normalized spacial score (nSPS) is 10.3. The summed E-state index contributed by atoms with van der Waals surface area (Å²) in [4.78, 5) is 0.372. The molecular weight excluding hydrogens is 314 g/mol. The second-order valence-electron chi connectivity index (χ2n) is 3.82. The van der Waals surface area contributed by atoms with E-state index in [-0.39, 0.29) is 0 Å². The smallest absolute Gasteiger partial charge is 0.120 e. The van der Waals surface area contributed by atoms with E-state index in [2.05, 4.69) is 22.9 Å². The van der Waals surface area contributed by atoms with Crippen molar-refractivity contribution in [3.05, 3.63) is 28.2 Å². The molecule has 0 heterocycles. The molecule has 0 bridgehead atoms. The van der Waals surface area contributed by atoms with Gasteiger partial charge >= 0.3 is 0 Å². The molecule has 0 saturated heterocycles. The molecule has 18 heavy (non-hydrogen) atoms. The van der Waals surface area contributed by atoms with Crippen LogP contribution in [0.1, 0.15) is 25.3 Å². The van der Waals surface area contributed by atoms with Gasteiger partial charge in [0.15, 0.2) is 0 Å². The molecule has 0 aliphatic rings. The van der Waals surface area contributed by atoms with Gasteiger partial charge in [-0.2, -0.15) is 0 Å². The fourth-order valence-corrected chi connectivity index (χ4v) is 2.23. The molecule has 0 spiro atoms. The Labute approximate surface area is 122 Å². The molecule has 2 N–H and O–H groups in total. The van der Waals surface area contributed by atoms with E-state index in [9.17, 15) is 0 Å². The van der Waals surface area contributed by atoms with Crippen LogP contribution in [0.4, 0.5) is 0 Å². The van der Waals surface area contributed by atoms with E-state index in [4.69, 9.17) is 27.4 Å². The summed E-state index contributed by atoms with van der Waals surface area (Å²) in [7, 11) is 0. The predicted molar refractivity (Wildman–Crippen MR) is 81.3 cm³/mol. The Bertz CT molecular complexity index is 399. The van der Waals surface area contributed by atoms with E-state index in [0.29, 0.717) is 18.2 Å². The van der Waals surface area contributed by atoms with E-state index in [1.54, 1.807) is 0 Å². The summed E-state index contributed by atoms with van der Waals surface area (Å²) >= 11 is 8.34. The molecule has 5 heteroatoms. The van der Waals surface area contributed by atoms with Crippen LogP contribution < -0.4 is 10.5 Å². The second kappa shape index (κ2) is 8.45. The first-order valence-corrected chi connectivity index (χ1v) is 7.15. The van der Waals surface area contributed by atoms with Gasteiger partial charge in [-0.05, 0) is 40.5 Å². The third-order valence-corrected chi connectivity index (χ3v) is 3.22. The van der Waals surface area contributed by atoms with Crippen molar-refractivity contribution in [1.29, 1.82) is 0 Å². The SMILES string of the molecule is CCCCOCCOc1ccc(C(N)=S)c(Br)c1. The van der Waals surface area contributed by atoms with Crippen LogP contribution in [0, 0.1) is 0 Å². The molecule has 1 aromatic carbocycles. The van der Waals surface area contributed by atoms with Crippen LogP contribution in [0.2, 0.25) is 0 Å². The number of nitrogens with two attached hydrogens (primary N) is 1. The molecule has 0 aliphatic carbocycles. The molecule has 1 rings (SSSR count). The molecule has 0 aliphatic heterocycles. The van der Waals surface area contributed by atoms with E-state index in [0.717, 1.165) is 35.2 Å². The summed E-state index contributed by atoms with van der Waals surface area (Å²) in [5.41, 5.74) is 6.39. The monoisotopic (exact) mass is 331 g/mol. The first-order valence-electron chi connectivity index (χ1n) is 5.95. The quantitative estimate of drug-likeness (QED) is 0.586. The maximum absolute atomic E-state index is 5.57. The largest absolute Gasteiger partial charge is 0.491 e. The molecule has 1 aromatic rings. The van der Waals surface area contributed by atoms with Crippen LogP contribution in [-0.2, 0) is 4.74 Å². The van der Waals surface area contributed by atoms with Gasteiger partial charge < -0.3 is 15.2 Å². The fourth-order valence-electron chi connectivity index (χ4n) is 1.35. The maximum Gasteiger partial charge on any atom is 0.120 e. The lowest BCUT2D eigenvalue weighted by molar-refractivity contribution is 0.0980. The van der Waals surface area contributed by atoms with Gasteiger partial charge in [-0.3, -0.25) is 0 Å². The number of hydrogen-bond acceptors (Lipinski definition) is 3. The lowest BCUT2D eigenvalue weighted by atomic mass is 10.2. The Hall–Kier alpha value is -0.650. The minimum absolute atomic E-state index is 0.372. The highest BCUT2D eigenvalue weighted by Crippen LogP contribution is 2.23. The standard InChI is InChI=1S/C13H18BrNO2S/c1-2-3-6-16-7-8-17-10-4-5-11(13(15)18)12(14)9-10/h4-5,9H,2-3,6-8H2,1H3,(H2,15,18). The number of unbranched alkanes of at least 4 members (excludes halogenated alkanes) is 1. The maximum atomic E-state index is 5.57. The zero-order valence-electron chi connectivity index (χ0n) is 10.4. The molecule has 3 nitrogen and oxygen atoms in total. The van der Waals surface area contributed by atoms with Gasteiger partial charge in [0, 0.05) is 16.6 Å². The van der Waals surface area contributed by atoms with Crippen molar-refractivity contribution in [1.82, 2.24) is 0 Å². The molecule has 0 fully saturated rings. The number of hydrogen-bond donors (Lipinski definition) is 1. The minimum atomic E-state index is 0.372. The number of halogens is 1. The molecule has 0 unspecified atom stereocenters. The predicted octanol–water partition coefficient (Wildman–Crippen LogP) is 3.28. The van der Waals surface area contributed by atoms with Crippen LogP contribution in [0.3, 0.4) is 0 Å². The molecule has 0 aromatic heterocycles. The highest BCUT2D eigenvalue weighted by atomic mass is 79.9. The van der Waals surface area contributed by atoms with Gasteiger partial charge in [-0.15, -0.1) is 0 Å².